The molecule has 1 aliphatic rings. The fraction of sp³-hybridized carbons (Fsp3) is 0.611. The molecule has 0 saturated carbocycles. The van der Waals surface area contributed by atoms with E-state index in [-0.39, 0.29) is 0 Å². The molecule has 7 heteroatoms. The zero-order valence-corrected chi connectivity index (χ0v) is 14.6. The van der Waals surface area contributed by atoms with E-state index in [9.17, 15) is 13.2 Å². The fourth-order valence-electron chi connectivity index (χ4n) is 3.11. The molecule has 3 N–H and O–H groups in total. The van der Waals surface area contributed by atoms with E-state index in [1.165, 1.54) is 10.5 Å². The number of nitrogens with two attached hydrogens (primary N) is 1. The van der Waals surface area contributed by atoms with E-state index < -0.39 is 12.7 Å². The van der Waals surface area contributed by atoms with Crippen molar-refractivity contribution in [2.24, 2.45) is 16.6 Å². The van der Waals surface area contributed by atoms with Crippen LogP contribution >= 0.6 is 0 Å². The summed E-state index contributed by atoms with van der Waals surface area (Å²) in [4.78, 5) is 5.82. The van der Waals surface area contributed by atoms with Crippen molar-refractivity contribution in [3.05, 3.63) is 29.8 Å². The first kappa shape index (κ1) is 19.6. The molecule has 0 aliphatic carbocycles. The number of halogens is 3. The SMILES string of the molecule is CCc1cccc(NC(N)=NCCC2CCN(CC(F)(F)F)CC2)c1. The van der Waals surface area contributed by atoms with Gasteiger partial charge in [-0.1, -0.05) is 19.1 Å². The van der Waals surface area contributed by atoms with Gasteiger partial charge in [-0.05, 0) is 62.4 Å². The maximum Gasteiger partial charge on any atom is 0.401 e. The first-order chi connectivity index (χ1) is 11.9. The van der Waals surface area contributed by atoms with Crippen LogP contribution in [-0.4, -0.2) is 43.2 Å². The van der Waals surface area contributed by atoms with Crippen LogP contribution in [0.25, 0.3) is 0 Å². The molecule has 2 rings (SSSR count). The number of guanidine groups is 1. The van der Waals surface area contributed by atoms with Gasteiger partial charge in [0, 0.05) is 12.2 Å². The smallest absolute Gasteiger partial charge is 0.370 e. The van der Waals surface area contributed by atoms with E-state index in [0.29, 0.717) is 31.5 Å². The zero-order valence-electron chi connectivity index (χ0n) is 14.6. The standard InChI is InChI=1S/C18H27F3N4/c1-2-14-4-3-5-16(12-14)24-17(22)23-9-6-15-7-10-25(11-8-15)13-18(19,20)21/h3-5,12,15H,2,6-11,13H2,1H3,(H3,22,23,24). The van der Waals surface area contributed by atoms with Gasteiger partial charge in [-0.25, -0.2) is 0 Å². The number of hydrogen-bond acceptors (Lipinski definition) is 2. The molecule has 25 heavy (non-hydrogen) atoms. The first-order valence-electron chi connectivity index (χ1n) is 8.80. The molecule has 0 aromatic heterocycles. The number of nitrogens with zero attached hydrogens (tertiary/aromatic N) is 2. The molecule has 0 spiro atoms. The van der Waals surface area contributed by atoms with E-state index in [1.54, 1.807) is 0 Å². The third kappa shape index (κ3) is 7.34. The van der Waals surface area contributed by atoms with Gasteiger partial charge in [0.05, 0.1) is 6.54 Å². The van der Waals surface area contributed by atoms with Gasteiger partial charge >= 0.3 is 6.18 Å². The van der Waals surface area contributed by atoms with Gasteiger partial charge in [0.15, 0.2) is 5.96 Å². The van der Waals surface area contributed by atoms with Gasteiger partial charge in [0.25, 0.3) is 0 Å². The molecule has 1 aliphatic heterocycles. The number of aliphatic imine (C=N–C) groups is 1. The van der Waals surface area contributed by atoms with Crippen molar-refractivity contribution in [2.75, 3.05) is 31.5 Å². The van der Waals surface area contributed by atoms with E-state index in [0.717, 1.165) is 31.4 Å². The Bertz CT molecular complexity index is 564. The van der Waals surface area contributed by atoms with Crippen LogP contribution in [0.5, 0.6) is 0 Å². The van der Waals surface area contributed by atoms with Crippen LogP contribution in [0.15, 0.2) is 29.3 Å². The largest absolute Gasteiger partial charge is 0.401 e. The first-order valence-corrected chi connectivity index (χ1v) is 8.80. The highest BCUT2D eigenvalue weighted by atomic mass is 19.4. The summed E-state index contributed by atoms with van der Waals surface area (Å²) in [6.07, 6.45) is -0.710. The summed E-state index contributed by atoms with van der Waals surface area (Å²) in [5, 5.41) is 3.08. The Labute approximate surface area is 147 Å². The minimum absolute atomic E-state index is 0.378. The second-order valence-corrected chi connectivity index (χ2v) is 6.57. The van der Waals surface area contributed by atoms with Gasteiger partial charge in [-0.15, -0.1) is 0 Å². The Morgan fingerprint density at radius 1 is 1.32 bits per heavy atom. The highest BCUT2D eigenvalue weighted by Crippen LogP contribution is 2.24. The number of likely N-dealkylation sites (tertiary alicyclic amines) is 1. The van der Waals surface area contributed by atoms with Crippen LogP contribution in [0.3, 0.4) is 0 Å². The van der Waals surface area contributed by atoms with Gasteiger partial charge < -0.3 is 11.1 Å². The van der Waals surface area contributed by atoms with E-state index >= 15 is 0 Å². The van der Waals surface area contributed by atoms with Gasteiger partial charge in [-0.2, -0.15) is 13.2 Å². The van der Waals surface area contributed by atoms with Crippen molar-refractivity contribution >= 4 is 11.6 Å². The minimum Gasteiger partial charge on any atom is -0.370 e. The molecule has 0 bridgehead atoms. The molecular formula is C18H27F3N4. The summed E-state index contributed by atoms with van der Waals surface area (Å²) in [5.41, 5.74) is 8.05. The lowest BCUT2D eigenvalue weighted by molar-refractivity contribution is -0.148. The van der Waals surface area contributed by atoms with Crippen molar-refractivity contribution < 1.29 is 13.2 Å². The zero-order chi connectivity index (χ0) is 18.3. The van der Waals surface area contributed by atoms with Crippen molar-refractivity contribution in [1.29, 1.82) is 0 Å². The maximum absolute atomic E-state index is 12.4. The number of alkyl halides is 3. The Kier molecular flexibility index (Phi) is 7.11. The van der Waals surface area contributed by atoms with Gasteiger partial charge in [0.1, 0.15) is 0 Å². The molecule has 1 heterocycles. The van der Waals surface area contributed by atoms with Crippen molar-refractivity contribution in [2.45, 2.75) is 38.8 Å². The Morgan fingerprint density at radius 3 is 2.68 bits per heavy atom. The molecular weight excluding hydrogens is 329 g/mol. The minimum atomic E-state index is -4.10. The molecule has 1 aromatic carbocycles. The summed E-state index contributed by atoms with van der Waals surface area (Å²) in [6, 6.07) is 8.02. The topological polar surface area (TPSA) is 53.6 Å². The Morgan fingerprint density at radius 2 is 2.04 bits per heavy atom. The van der Waals surface area contributed by atoms with Crippen molar-refractivity contribution in [3.63, 3.8) is 0 Å². The highest BCUT2D eigenvalue weighted by molar-refractivity contribution is 5.92. The molecule has 0 amide bonds. The highest BCUT2D eigenvalue weighted by Gasteiger charge is 2.32. The average Bonchev–Trinajstić information content (AvgIpc) is 2.55. The molecule has 1 fully saturated rings. The normalized spacial score (nSPS) is 17.7. The summed E-state index contributed by atoms with van der Waals surface area (Å²) in [5.74, 6) is 0.798. The average molecular weight is 356 g/mol. The monoisotopic (exact) mass is 356 g/mol. The van der Waals surface area contributed by atoms with Crippen LogP contribution in [0.4, 0.5) is 18.9 Å². The maximum atomic E-state index is 12.4. The number of benzene rings is 1. The summed E-state index contributed by atoms with van der Waals surface area (Å²) in [6.45, 7) is 2.90. The summed E-state index contributed by atoms with van der Waals surface area (Å²) < 4.78 is 37.1. The number of piperidine rings is 1. The van der Waals surface area contributed by atoms with E-state index in [2.05, 4.69) is 23.3 Å². The van der Waals surface area contributed by atoms with Crippen LogP contribution in [0.2, 0.25) is 0 Å². The number of hydrogen-bond donors (Lipinski definition) is 2. The van der Waals surface area contributed by atoms with Crippen molar-refractivity contribution in [3.8, 4) is 0 Å². The van der Waals surface area contributed by atoms with Crippen LogP contribution in [0.1, 0.15) is 31.7 Å². The van der Waals surface area contributed by atoms with Crippen LogP contribution < -0.4 is 11.1 Å². The third-order valence-corrected chi connectivity index (χ3v) is 4.54. The Balaban J connectivity index is 1.70. The lowest BCUT2D eigenvalue weighted by Gasteiger charge is -2.32. The van der Waals surface area contributed by atoms with E-state index in [1.807, 2.05) is 18.2 Å². The summed E-state index contributed by atoms with van der Waals surface area (Å²) >= 11 is 0. The second kappa shape index (κ2) is 9.08. The predicted octanol–water partition coefficient (Wildman–Crippen LogP) is 3.64. The molecule has 0 atom stereocenters. The molecule has 4 nitrogen and oxygen atoms in total. The molecule has 1 saturated heterocycles. The molecule has 140 valence electrons. The lowest BCUT2D eigenvalue weighted by Crippen LogP contribution is -2.40. The third-order valence-electron chi connectivity index (χ3n) is 4.54. The molecule has 0 radical (unpaired) electrons. The lowest BCUT2D eigenvalue weighted by atomic mass is 9.93. The summed E-state index contributed by atoms with van der Waals surface area (Å²) in [7, 11) is 0. The second-order valence-electron chi connectivity index (χ2n) is 6.57. The number of aryl methyl sites for hydroxylation is 1. The van der Waals surface area contributed by atoms with Gasteiger partial charge in [-0.3, -0.25) is 9.89 Å². The van der Waals surface area contributed by atoms with Crippen LogP contribution in [-0.2, 0) is 6.42 Å². The van der Waals surface area contributed by atoms with Crippen LogP contribution in [0, 0.1) is 5.92 Å². The Hall–Kier alpha value is -1.76. The van der Waals surface area contributed by atoms with E-state index in [4.69, 9.17) is 5.73 Å². The number of nitrogens with one attached hydrogen (secondary N) is 1. The van der Waals surface area contributed by atoms with Gasteiger partial charge in [0.2, 0.25) is 0 Å². The predicted molar refractivity (Wildman–Crippen MR) is 95.8 cm³/mol. The quantitative estimate of drug-likeness (QED) is 0.604. The molecule has 1 aromatic rings. The fourth-order valence-corrected chi connectivity index (χ4v) is 3.11. The number of rotatable bonds is 6. The number of anilines is 1. The van der Waals surface area contributed by atoms with Crippen molar-refractivity contribution in [1.82, 2.24) is 4.90 Å². The molecule has 0 unspecified atom stereocenters.